The molecule has 3 atom stereocenters. The van der Waals surface area contributed by atoms with Crippen LogP contribution in [0.1, 0.15) is 81.1 Å². The van der Waals surface area contributed by atoms with Gasteiger partial charge in [-0.15, -0.1) is 0 Å². The fourth-order valence-electron chi connectivity index (χ4n) is 3.81. The van der Waals surface area contributed by atoms with Crippen LogP contribution in [0.4, 0.5) is 0 Å². The highest BCUT2D eigenvalue weighted by Crippen LogP contribution is 2.32. The van der Waals surface area contributed by atoms with Crippen molar-refractivity contribution in [2.75, 3.05) is 33.2 Å². The van der Waals surface area contributed by atoms with Gasteiger partial charge in [-0.05, 0) is 71.4 Å². The highest BCUT2D eigenvalue weighted by Gasteiger charge is 2.33. The molecular formula is C26H48N4O4. The van der Waals surface area contributed by atoms with Crippen molar-refractivity contribution in [1.82, 2.24) is 0 Å². The molecule has 196 valence electrons. The van der Waals surface area contributed by atoms with Gasteiger partial charge in [0, 0.05) is 6.61 Å². The lowest BCUT2D eigenvalue weighted by atomic mass is 9.81. The molecular weight excluding hydrogens is 432 g/mol. The maximum absolute atomic E-state index is 5.91. The van der Waals surface area contributed by atoms with E-state index in [1.165, 1.54) is 0 Å². The normalized spacial score (nSPS) is 20.0. The molecule has 0 spiro atoms. The maximum Gasteiger partial charge on any atom is 0.211 e. The first-order valence-electron chi connectivity index (χ1n) is 12.8. The molecule has 0 saturated carbocycles. The number of hydrogen-bond acceptors (Lipinski definition) is 8. The van der Waals surface area contributed by atoms with Gasteiger partial charge in [-0.3, -0.25) is 4.99 Å². The first-order valence-corrected chi connectivity index (χ1v) is 12.8. The maximum atomic E-state index is 5.91. The number of rotatable bonds is 15. The highest BCUT2D eigenvalue weighted by molar-refractivity contribution is 5.94. The van der Waals surface area contributed by atoms with Crippen molar-refractivity contribution in [3.63, 3.8) is 0 Å². The Hall–Kier alpha value is -1.96. The van der Waals surface area contributed by atoms with Crippen LogP contribution in [-0.4, -0.2) is 75.7 Å². The van der Waals surface area contributed by atoms with E-state index >= 15 is 0 Å². The highest BCUT2D eigenvalue weighted by atomic mass is 16.5. The van der Waals surface area contributed by atoms with E-state index in [4.69, 9.17) is 28.9 Å². The fraction of sp³-hybridized carbons (Fsp3) is 0.846. The SMILES string of the molecule is C=N[C@H](CCC(C)(C)CC[C@H]1N=C(OCC)C(C(C)C)N=C1OCC)/C(=N\COCC)OCC. The zero-order chi connectivity index (χ0) is 25.6. The average Bonchev–Trinajstić information content (AvgIpc) is 2.79. The Bertz CT molecular complexity index is 688. The predicted octanol–water partition coefficient (Wildman–Crippen LogP) is 5.35. The van der Waals surface area contributed by atoms with E-state index in [2.05, 4.69) is 44.4 Å². The summed E-state index contributed by atoms with van der Waals surface area (Å²) in [5.74, 6) is 2.36. The van der Waals surface area contributed by atoms with E-state index in [0.717, 1.165) is 37.5 Å². The smallest absolute Gasteiger partial charge is 0.211 e. The third-order valence-corrected chi connectivity index (χ3v) is 5.81. The molecule has 0 aromatic carbocycles. The molecule has 0 amide bonds. The minimum absolute atomic E-state index is 0.0632. The van der Waals surface area contributed by atoms with Gasteiger partial charge in [-0.2, -0.15) is 0 Å². The van der Waals surface area contributed by atoms with Crippen LogP contribution in [-0.2, 0) is 18.9 Å². The average molecular weight is 481 g/mol. The Kier molecular flexibility index (Phi) is 14.0. The van der Waals surface area contributed by atoms with E-state index in [-0.39, 0.29) is 30.3 Å². The van der Waals surface area contributed by atoms with Crippen LogP contribution in [0.15, 0.2) is 20.0 Å². The van der Waals surface area contributed by atoms with Crippen LogP contribution in [0.3, 0.4) is 0 Å². The molecule has 0 aromatic rings. The van der Waals surface area contributed by atoms with Crippen LogP contribution >= 0.6 is 0 Å². The lowest BCUT2D eigenvalue weighted by molar-refractivity contribution is 0.152. The molecule has 0 fully saturated rings. The number of ether oxygens (including phenoxy) is 4. The molecule has 8 nitrogen and oxygen atoms in total. The summed E-state index contributed by atoms with van der Waals surface area (Å²) in [5.41, 5.74) is 0.0632. The minimum atomic E-state index is -0.177. The van der Waals surface area contributed by atoms with E-state index in [1.807, 2.05) is 27.7 Å². The Labute approximate surface area is 207 Å². The van der Waals surface area contributed by atoms with Gasteiger partial charge in [-0.25, -0.2) is 15.0 Å². The molecule has 1 aliphatic rings. The molecule has 1 heterocycles. The van der Waals surface area contributed by atoms with Crippen LogP contribution in [0.2, 0.25) is 0 Å². The van der Waals surface area contributed by atoms with E-state index in [0.29, 0.717) is 38.2 Å². The van der Waals surface area contributed by atoms with Crippen LogP contribution in [0.5, 0.6) is 0 Å². The molecule has 1 aliphatic heterocycles. The molecule has 0 radical (unpaired) electrons. The summed E-state index contributed by atoms with van der Waals surface area (Å²) in [5, 5.41) is 0. The number of hydrogen-bond donors (Lipinski definition) is 0. The lowest BCUT2D eigenvalue weighted by Crippen LogP contribution is -2.38. The number of aliphatic imine (C=N–C) groups is 4. The third kappa shape index (κ3) is 10.1. The summed E-state index contributed by atoms with van der Waals surface area (Å²) in [6, 6.07) is -0.377. The van der Waals surface area contributed by atoms with Gasteiger partial charge in [0.25, 0.3) is 0 Å². The van der Waals surface area contributed by atoms with Crippen LogP contribution in [0, 0.1) is 11.3 Å². The van der Waals surface area contributed by atoms with Gasteiger partial charge in [0.05, 0.1) is 19.8 Å². The zero-order valence-corrected chi connectivity index (χ0v) is 22.8. The fourth-order valence-corrected chi connectivity index (χ4v) is 3.81. The summed E-state index contributed by atoms with van der Waals surface area (Å²) in [6.07, 6.45) is 3.56. The van der Waals surface area contributed by atoms with Crippen molar-refractivity contribution in [2.24, 2.45) is 31.3 Å². The lowest BCUT2D eigenvalue weighted by Gasteiger charge is -2.31. The molecule has 0 N–H and O–H groups in total. The van der Waals surface area contributed by atoms with Crippen molar-refractivity contribution in [2.45, 2.75) is 99.2 Å². The first kappa shape index (κ1) is 30.1. The van der Waals surface area contributed by atoms with Gasteiger partial charge >= 0.3 is 0 Å². The summed E-state index contributed by atoms with van der Waals surface area (Å²) in [7, 11) is 0. The second kappa shape index (κ2) is 15.8. The number of nitrogens with zero attached hydrogens (tertiary/aromatic N) is 4. The van der Waals surface area contributed by atoms with Crippen molar-refractivity contribution in [3.05, 3.63) is 0 Å². The molecule has 0 saturated heterocycles. The van der Waals surface area contributed by atoms with Crippen molar-refractivity contribution < 1.29 is 18.9 Å². The van der Waals surface area contributed by atoms with E-state index in [9.17, 15) is 0 Å². The van der Waals surface area contributed by atoms with Gasteiger partial charge in [0.15, 0.2) is 0 Å². The predicted molar refractivity (Wildman–Crippen MR) is 142 cm³/mol. The van der Waals surface area contributed by atoms with Crippen LogP contribution in [0.25, 0.3) is 0 Å². The summed E-state index contributed by atoms with van der Waals surface area (Å²) in [6.45, 7) is 23.0. The van der Waals surface area contributed by atoms with Crippen molar-refractivity contribution >= 4 is 24.4 Å². The standard InChI is InChI=1S/C26H48N4O4/c1-10-31-18-28-23(32-11-2)20(27-9)14-16-26(7,8)17-15-21-24(33-12-3)30-22(19(5)6)25(29-21)34-13-4/h19-22H,9-18H2,1-8H3/b28-23+/t20-,21-,22?/m1/s1. The molecule has 0 bridgehead atoms. The Morgan fingerprint density at radius 3 is 2.21 bits per heavy atom. The largest absolute Gasteiger partial charge is 0.480 e. The topological polar surface area (TPSA) is 86.4 Å². The Morgan fingerprint density at radius 1 is 0.971 bits per heavy atom. The zero-order valence-electron chi connectivity index (χ0n) is 22.8. The molecule has 0 aliphatic carbocycles. The minimum Gasteiger partial charge on any atom is -0.480 e. The summed E-state index contributed by atoms with van der Waals surface area (Å²) in [4.78, 5) is 18.6. The molecule has 34 heavy (non-hydrogen) atoms. The van der Waals surface area contributed by atoms with Gasteiger partial charge in [0.2, 0.25) is 17.7 Å². The van der Waals surface area contributed by atoms with Crippen LogP contribution < -0.4 is 0 Å². The second-order valence-electron chi connectivity index (χ2n) is 9.50. The summed E-state index contributed by atoms with van der Waals surface area (Å²) >= 11 is 0. The quantitative estimate of drug-likeness (QED) is 0.180. The molecule has 1 rings (SSSR count). The summed E-state index contributed by atoms with van der Waals surface area (Å²) < 4.78 is 22.9. The molecule has 8 heteroatoms. The van der Waals surface area contributed by atoms with E-state index in [1.54, 1.807) is 0 Å². The van der Waals surface area contributed by atoms with Gasteiger partial charge in [-0.1, -0.05) is 27.7 Å². The monoisotopic (exact) mass is 480 g/mol. The Morgan fingerprint density at radius 2 is 1.65 bits per heavy atom. The second-order valence-corrected chi connectivity index (χ2v) is 9.50. The van der Waals surface area contributed by atoms with Gasteiger partial charge in [0.1, 0.15) is 24.9 Å². The molecule has 1 unspecified atom stereocenters. The van der Waals surface area contributed by atoms with Crippen molar-refractivity contribution in [3.8, 4) is 0 Å². The van der Waals surface area contributed by atoms with E-state index < -0.39 is 0 Å². The Balaban J connectivity index is 2.85. The first-order chi connectivity index (χ1) is 16.2. The van der Waals surface area contributed by atoms with Crippen molar-refractivity contribution in [1.29, 1.82) is 0 Å². The third-order valence-electron chi connectivity index (χ3n) is 5.81. The van der Waals surface area contributed by atoms with Gasteiger partial charge < -0.3 is 18.9 Å². The molecule has 0 aromatic heterocycles.